The minimum Gasteiger partial charge on any atom is -0.203 e. The molecule has 1 aromatic carbocycles. The Morgan fingerprint density at radius 1 is 0.600 bits per heavy atom. The molecule has 2 aliphatic rings. The highest BCUT2D eigenvalue weighted by atomic mass is 19.2. The molecule has 20 heavy (non-hydrogen) atoms. The third-order valence-electron chi connectivity index (χ3n) is 4.95. The molecular weight excluding hydrogens is 275 g/mol. The Morgan fingerprint density at radius 2 is 1.15 bits per heavy atom. The molecule has 0 N–H and O–H groups in total. The maximum atomic E-state index is 13.9. The number of fused-ring (bicyclic) bond motifs is 1. The number of benzene rings is 1. The quantitative estimate of drug-likeness (QED) is 0.385. The molecule has 2 aliphatic carbocycles. The van der Waals surface area contributed by atoms with Gasteiger partial charge in [0.25, 0.3) is 0 Å². The summed E-state index contributed by atoms with van der Waals surface area (Å²) in [6.07, 6.45) is 5.19. The molecule has 0 amide bonds. The van der Waals surface area contributed by atoms with Crippen LogP contribution in [0.1, 0.15) is 50.0 Å². The van der Waals surface area contributed by atoms with Gasteiger partial charge in [-0.05, 0) is 37.0 Å². The molecule has 3 atom stereocenters. The topological polar surface area (TPSA) is 0 Å². The normalized spacial score (nSPS) is 29.6. The molecule has 3 rings (SSSR count). The zero-order chi connectivity index (χ0) is 14.4. The second-order valence-corrected chi connectivity index (χ2v) is 5.88. The highest BCUT2D eigenvalue weighted by Gasteiger charge is 2.42. The summed E-state index contributed by atoms with van der Waals surface area (Å²) in [6, 6.07) is 0. The Kier molecular flexibility index (Phi) is 3.46. The third kappa shape index (κ3) is 1.93. The average Bonchev–Trinajstić information content (AvgIpc) is 2.87. The van der Waals surface area contributed by atoms with Crippen molar-refractivity contribution in [2.75, 3.05) is 0 Å². The van der Waals surface area contributed by atoms with Crippen LogP contribution in [0.25, 0.3) is 0 Å². The number of hydrogen-bond acceptors (Lipinski definition) is 0. The predicted molar refractivity (Wildman–Crippen MR) is 63.7 cm³/mol. The smallest absolute Gasteiger partial charge is 0.200 e. The predicted octanol–water partition coefficient (Wildman–Crippen LogP) is 5.07. The summed E-state index contributed by atoms with van der Waals surface area (Å²) in [5.41, 5.74) is -0.587. The first-order valence-corrected chi connectivity index (χ1v) is 7.03. The van der Waals surface area contributed by atoms with Crippen molar-refractivity contribution in [1.82, 2.24) is 0 Å². The molecule has 2 saturated carbocycles. The van der Waals surface area contributed by atoms with Crippen molar-refractivity contribution >= 4 is 0 Å². The highest BCUT2D eigenvalue weighted by molar-refractivity contribution is 5.29. The fraction of sp³-hybridized carbons (Fsp3) is 0.600. The molecule has 110 valence electrons. The monoisotopic (exact) mass is 290 g/mol. The molecule has 0 aliphatic heterocycles. The van der Waals surface area contributed by atoms with Gasteiger partial charge in [-0.15, -0.1) is 0 Å². The molecule has 5 heteroatoms. The Morgan fingerprint density at radius 3 is 1.80 bits per heavy atom. The van der Waals surface area contributed by atoms with Gasteiger partial charge in [0.15, 0.2) is 23.3 Å². The molecule has 0 heterocycles. The second-order valence-electron chi connectivity index (χ2n) is 5.88. The number of halogens is 5. The van der Waals surface area contributed by atoms with E-state index in [1.54, 1.807) is 0 Å². The van der Waals surface area contributed by atoms with E-state index in [1.165, 1.54) is 0 Å². The number of rotatable bonds is 1. The minimum atomic E-state index is -2.07. The van der Waals surface area contributed by atoms with Crippen molar-refractivity contribution in [3.63, 3.8) is 0 Å². The Bertz CT molecular complexity index is 511. The molecule has 0 spiro atoms. The molecule has 0 bridgehead atoms. The van der Waals surface area contributed by atoms with Crippen LogP contribution in [-0.2, 0) is 0 Å². The van der Waals surface area contributed by atoms with Crippen LogP contribution < -0.4 is 0 Å². The van der Waals surface area contributed by atoms with Crippen LogP contribution in [0.15, 0.2) is 0 Å². The summed E-state index contributed by atoms with van der Waals surface area (Å²) >= 11 is 0. The van der Waals surface area contributed by atoms with Crippen molar-refractivity contribution in [3.8, 4) is 0 Å². The van der Waals surface area contributed by atoms with Gasteiger partial charge in [-0.3, -0.25) is 0 Å². The van der Waals surface area contributed by atoms with Crippen LogP contribution in [0, 0.1) is 40.9 Å². The van der Waals surface area contributed by atoms with E-state index in [9.17, 15) is 22.0 Å². The van der Waals surface area contributed by atoms with Crippen molar-refractivity contribution < 1.29 is 22.0 Å². The van der Waals surface area contributed by atoms with Crippen LogP contribution in [0.5, 0.6) is 0 Å². The summed E-state index contributed by atoms with van der Waals surface area (Å²) in [5, 5.41) is 0. The van der Waals surface area contributed by atoms with Crippen LogP contribution >= 0.6 is 0 Å². The maximum Gasteiger partial charge on any atom is 0.200 e. The Hall–Kier alpha value is -1.13. The van der Waals surface area contributed by atoms with Gasteiger partial charge in [-0.2, -0.15) is 0 Å². The zero-order valence-electron chi connectivity index (χ0n) is 10.9. The fourth-order valence-electron chi connectivity index (χ4n) is 4.04. The van der Waals surface area contributed by atoms with E-state index in [4.69, 9.17) is 0 Å². The van der Waals surface area contributed by atoms with E-state index >= 15 is 0 Å². The SMILES string of the molecule is Fc1c(F)c(F)c(C2CC[C@H]3CCCCC23)c(F)c1F. The van der Waals surface area contributed by atoms with Gasteiger partial charge in [0.2, 0.25) is 5.82 Å². The summed E-state index contributed by atoms with van der Waals surface area (Å²) in [7, 11) is 0. The first-order chi connectivity index (χ1) is 9.52. The summed E-state index contributed by atoms with van der Waals surface area (Å²) in [6.45, 7) is 0. The Balaban J connectivity index is 2.06. The minimum absolute atomic E-state index is 0.0528. The Labute approximate surface area is 114 Å². The largest absolute Gasteiger partial charge is 0.203 e. The molecule has 0 nitrogen and oxygen atoms in total. The fourth-order valence-corrected chi connectivity index (χ4v) is 4.04. The molecule has 0 aromatic heterocycles. The summed E-state index contributed by atoms with van der Waals surface area (Å²) in [4.78, 5) is 0. The molecule has 2 fully saturated rings. The molecule has 0 radical (unpaired) electrons. The van der Waals surface area contributed by atoms with Crippen LogP contribution in [-0.4, -0.2) is 0 Å². The molecule has 2 unspecified atom stereocenters. The van der Waals surface area contributed by atoms with Crippen molar-refractivity contribution in [1.29, 1.82) is 0 Å². The van der Waals surface area contributed by atoms with E-state index in [2.05, 4.69) is 0 Å². The molecule has 1 aromatic rings. The molecular formula is C15H15F5. The van der Waals surface area contributed by atoms with Gasteiger partial charge < -0.3 is 0 Å². The average molecular weight is 290 g/mol. The van der Waals surface area contributed by atoms with Gasteiger partial charge in [0.05, 0.1) is 0 Å². The number of hydrogen-bond donors (Lipinski definition) is 0. The van der Waals surface area contributed by atoms with Crippen molar-refractivity contribution in [3.05, 3.63) is 34.6 Å². The van der Waals surface area contributed by atoms with Gasteiger partial charge >= 0.3 is 0 Å². The van der Waals surface area contributed by atoms with Crippen LogP contribution in [0.2, 0.25) is 0 Å². The lowest BCUT2D eigenvalue weighted by Crippen LogP contribution is -2.21. The van der Waals surface area contributed by atoms with Gasteiger partial charge in [0.1, 0.15) is 0 Å². The van der Waals surface area contributed by atoms with Gasteiger partial charge in [0, 0.05) is 5.56 Å². The van der Waals surface area contributed by atoms with E-state index in [1.807, 2.05) is 0 Å². The lowest BCUT2D eigenvalue weighted by molar-refractivity contribution is 0.251. The zero-order valence-corrected chi connectivity index (χ0v) is 10.9. The lowest BCUT2D eigenvalue weighted by atomic mass is 9.76. The van der Waals surface area contributed by atoms with Crippen molar-refractivity contribution in [2.24, 2.45) is 11.8 Å². The summed E-state index contributed by atoms with van der Waals surface area (Å²) < 4.78 is 67.5. The van der Waals surface area contributed by atoms with E-state index in [-0.39, 0.29) is 5.92 Å². The first-order valence-electron chi connectivity index (χ1n) is 7.03. The first kappa shape index (κ1) is 13.8. The van der Waals surface area contributed by atoms with E-state index in [0.29, 0.717) is 12.3 Å². The maximum absolute atomic E-state index is 13.9. The third-order valence-corrected chi connectivity index (χ3v) is 4.95. The highest BCUT2D eigenvalue weighted by Crippen LogP contribution is 2.51. The lowest BCUT2D eigenvalue weighted by Gasteiger charge is -2.29. The van der Waals surface area contributed by atoms with E-state index < -0.39 is 40.6 Å². The van der Waals surface area contributed by atoms with Crippen molar-refractivity contribution in [2.45, 2.75) is 44.4 Å². The molecule has 0 saturated heterocycles. The summed E-state index contributed by atoms with van der Waals surface area (Å²) in [5.74, 6) is -9.11. The van der Waals surface area contributed by atoms with E-state index in [0.717, 1.165) is 32.1 Å². The van der Waals surface area contributed by atoms with Crippen LogP contribution in [0.4, 0.5) is 22.0 Å². The standard InChI is InChI=1S/C15H15F5/c16-11-10(12(17)14(19)15(20)13(11)18)9-6-5-7-3-1-2-4-8(7)9/h7-9H,1-6H2/t7-,8?,9?/m1/s1. The van der Waals surface area contributed by atoms with Crippen LogP contribution in [0.3, 0.4) is 0 Å². The second kappa shape index (κ2) is 5.01. The van der Waals surface area contributed by atoms with Gasteiger partial charge in [-0.25, -0.2) is 22.0 Å². The van der Waals surface area contributed by atoms with Gasteiger partial charge in [-0.1, -0.05) is 19.3 Å².